The van der Waals surface area contributed by atoms with Crippen molar-refractivity contribution in [3.05, 3.63) is 60.7 Å². The zero-order valence-electron chi connectivity index (χ0n) is 13.0. The summed E-state index contributed by atoms with van der Waals surface area (Å²) in [7, 11) is 3.25. The predicted molar refractivity (Wildman–Crippen MR) is 89.9 cm³/mol. The molecular weight excluding hydrogens is 290 g/mol. The van der Waals surface area contributed by atoms with Gasteiger partial charge in [0, 0.05) is 17.2 Å². The van der Waals surface area contributed by atoms with Crippen molar-refractivity contribution in [1.82, 2.24) is 4.98 Å². The number of hydrogen-bond acceptors (Lipinski definition) is 4. The maximum atomic E-state index is 9.41. The maximum absolute atomic E-state index is 9.41. The molecule has 0 spiro atoms. The summed E-state index contributed by atoms with van der Waals surface area (Å²) in [6, 6.07) is 18.5. The highest BCUT2D eigenvalue weighted by atomic mass is 16.5. The van der Waals surface area contributed by atoms with E-state index in [4.69, 9.17) is 14.5 Å². The lowest BCUT2D eigenvalue weighted by molar-refractivity contribution is 0.395. The van der Waals surface area contributed by atoms with Crippen molar-refractivity contribution in [2.24, 2.45) is 0 Å². The summed E-state index contributed by atoms with van der Waals surface area (Å²) < 4.78 is 10.7. The highest BCUT2D eigenvalue weighted by Gasteiger charge is 2.10. The molecule has 0 aliphatic carbocycles. The standard InChI is InChI=1S/C19H17NO3/c1-22-15-10-11-16(19(12-15)23-2)18-5-3-4-17(20-18)13-6-8-14(21)9-7-13/h3-12,21H,1-2H3. The minimum atomic E-state index is 0.238. The van der Waals surface area contributed by atoms with Crippen LogP contribution in [0, 0.1) is 0 Å². The van der Waals surface area contributed by atoms with Crippen molar-refractivity contribution in [2.45, 2.75) is 0 Å². The molecule has 23 heavy (non-hydrogen) atoms. The molecule has 1 N–H and O–H groups in total. The number of nitrogens with zero attached hydrogens (tertiary/aromatic N) is 1. The predicted octanol–water partition coefficient (Wildman–Crippen LogP) is 4.14. The first-order chi connectivity index (χ1) is 11.2. The van der Waals surface area contributed by atoms with E-state index in [2.05, 4.69) is 0 Å². The fourth-order valence-electron chi connectivity index (χ4n) is 2.39. The number of phenolic OH excluding ortho intramolecular Hbond substituents is 1. The van der Waals surface area contributed by atoms with Gasteiger partial charge in [0.05, 0.1) is 25.6 Å². The van der Waals surface area contributed by atoms with Gasteiger partial charge in [0.15, 0.2) is 0 Å². The molecule has 3 aromatic rings. The van der Waals surface area contributed by atoms with Crippen LogP contribution in [-0.2, 0) is 0 Å². The maximum Gasteiger partial charge on any atom is 0.131 e. The van der Waals surface area contributed by atoms with E-state index in [9.17, 15) is 5.11 Å². The Balaban J connectivity index is 2.04. The van der Waals surface area contributed by atoms with Crippen LogP contribution < -0.4 is 9.47 Å². The van der Waals surface area contributed by atoms with Crippen LogP contribution in [-0.4, -0.2) is 24.3 Å². The Morgan fingerprint density at radius 2 is 1.57 bits per heavy atom. The molecule has 1 heterocycles. The fraction of sp³-hybridized carbons (Fsp3) is 0.105. The van der Waals surface area contributed by atoms with Crippen molar-refractivity contribution < 1.29 is 14.6 Å². The molecule has 0 aliphatic rings. The Morgan fingerprint density at radius 3 is 2.26 bits per heavy atom. The highest BCUT2D eigenvalue weighted by molar-refractivity contribution is 5.71. The summed E-state index contributed by atoms with van der Waals surface area (Å²) in [4.78, 5) is 4.70. The number of methoxy groups -OCH3 is 2. The SMILES string of the molecule is COc1ccc(-c2cccc(-c3ccc(O)cc3)n2)c(OC)c1. The number of aromatic hydroxyl groups is 1. The normalized spacial score (nSPS) is 10.3. The molecule has 4 heteroatoms. The molecule has 0 fully saturated rings. The van der Waals surface area contributed by atoms with Gasteiger partial charge < -0.3 is 14.6 Å². The van der Waals surface area contributed by atoms with Gasteiger partial charge in [-0.1, -0.05) is 6.07 Å². The van der Waals surface area contributed by atoms with Gasteiger partial charge in [-0.2, -0.15) is 0 Å². The second-order valence-electron chi connectivity index (χ2n) is 5.02. The Kier molecular flexibility index (Phi) is 4.15. The fourth-order valence-corrected chi connectivity index (χ4v) is 2.39. The molecule has 0 radical (unpaired) electrons. The second-order valence-corrected chi connectivity index (χ2v) is 5.02. The lowest BCUT2D eigenvalue weighted by Crippen LogP contribution is -1.93. The van der Waals surface area contributed by atoms with Gasteiger partial charge in [-0.3, -0.25) is 0 Å². The van der Waals surface area contributed by atoms with Crippen molar-refractivity contribution in [3.8, 4) is 39.8 Å². The Labute approximate surface area is 135 Å². The van der Waals surface area contributed by atoms with E-state index >= 15 is 0 Å². The number of benzene rings is 2. The third-order valence-electron chi connectivity index (χ3n) is 3.60. The van der Waals surface area contributed by atoms with Gasteiger partial charge in [-0.05, 0) is 48.5 Å². The molecule has 0 bridgehead atoms. The number of ether oxygens (including phenoxy) is 2. The van der Waals surface area contributed by atoms with Crippen LogP contribution in [0.4, 0.5) is 0 Å². The van der Waals surface area contributed by atoms with Crippen LogP contribution in [0.2, 0.25) is 0 Å². The molecule has 116 valence electrons. The van der Waals surface area contributed by atoms with E-state index < -0.39 is 0 Å². The third-order valence-corrected chi connectivity index (χ3v) is 3.60. The second kappa shape index (κ2) is 6.40. The van der Waals surface area contributed by atoms with E-state index in [0.29, 0.717) is 5.75 Å². The molecule has 0 saturated heterocycles. The lowest BCUT2D eigenvalue weighted by atomic mass is 10.1. The molecule has 0 atom stereocenters. The van der Waals surface area contributed by atoms with Gasteiger partial charge in [0.25, 0.3) is 0 Å². The van der Waals surface area contributed by atoms with Crippen molar-refractivity contribution >= 4 is 0 Å². The van der Waals surface area contributed by atoms with Crippen LogP contribution in [0.3, 0.4) is 0 Å². The van der Waals surface area contributed by atoms with E-state index in [-0.39, 0.29) is 5.75 Å². The Bertz CT molecular complexity index is 813. The quantitative estimate of drug-likeness (QED) is 0.787. The first kappa shape index (κ1) is 14.9. The molecular formula is C19H17NO3. The summed E-state index contributed by atoms with van der Waals surface area (Å²) >= 11 is 0. The largest absolute Gasteiger partial charge is 0.508 e. The molecule has 0 amide bonds. The molecule has 0 aliphatic heterocycles. The molecule has 0 unspecified atom stereocenters. The van der Waals surface area contributed by atoms with Crippen LogP contribution >= 0.6 is 0 Å². The van der Waals surface area contributed by atoms with Crippen LogP contribution in [0.25, 0.3) is 22.5 Å². The molecule has 3 rings (SSSR count). The third kappa shape index (κ3) is 3.11. The topological polar surface area (TPSA) is 51.6 Å². The van der Waals surface area contributed by atoms with Crippen molar-refractivity contribution in [1.29, 1.82) is 0 Å². The van der Waals surface area contributed by atoms with E-state index in [1.165, 1.54) is 0 Å². The van der Waals surface area contributed by atoms with Gasteiger partial charge in [0.1, 0.15) is 17.2 Å². The van der Waals surface area contributed by atoms with Crippen LogP contribution in [0.1, 0.15) is 0 Å². The van der Waals surface area contributed by atoms with Crippen molar-refractivity contribution in [2.75, 3.05) is 14.2 Å². The van der Waals surface area contributed by atoms with Crippen molar-refractivity contribution in [3.63, 3.8) is 0 Å². The minimum Gasteiger partial charge on any atom is -0.508 e. The highest BCUT2D eigenvalue weighted by Crippen LogP contribution is 2.33. The van der Waals surface area contributed by atoms with E-state index in [1.807, 2.05) is 48.5 Å². The summed E-state index contributed by atoms with van der Waals surface area (Å²) in [5.74, 6) is 1.68. The average molecular weight is 307 g/mol. The summed E-state index contributed by atoms with van der Waals surface area (Å²) in [6.45, 7) is 0. The van der Waals surface area contributed by atoms with E-state index in [1.54, 1.807) is 26.4 Å². The smallest absolute Gasteiger partial charge is 0.131 e. The molecule has 0 saturated carbocycles. The molecule has 1 aromatic heterocycles. The van der Waals surface area contributed by atoms with Crippen LogP contribution in [0.5, 0.6) is 17.2 Å². The number of hydrogen-bond donors (Lipinski definition) is 1. The number of aromatic nitrogens is 1. The monoisotopic (exact) mass is 307 g/mol. The summed E-state index contributed by atoms with van der Waals surface area (Å²) in [5.41, 5.74) is 3.49. The number of phenols is 1. The summed E-state index contributed by atoms with van der Waals surface area (Å²) in [6.07, 6.45) is 0. The zero-order valence-corrected chi connectivity index (χ0v) is 13.0. The molecule has 4 nitrogen and oxygen atoms in total. The number of rotatable bonds is 4. The van der Waals surface area contributed by atoms with E-state index in [0.717, 1.165) is 28.3 Å². The van der Waals surface area contributed by atoms with Gasteiger partial charge >= 0.3 is 0 Å². The van der Waals surface area contributed by atoms with Crippen LogP contribution in [0.15, 0.2) is 60.7 Å². The Morgan fingerprint density at radius 1 is 0.826 bits per heavy atom. The first-order valence-corrected chi connectivity index (χ1v) is 7.20. The lowest BCUT2D eigenvalue weighted by Gasteiger charge is -2.11. The molecule has 2 aromatic carbocycles. The minimum absolute atomic E-state index is 0.238. The first-order valence-electron chi connectivity index (χ1n) is 7.20. The number of pyridine rings is 1. The Hall–Kier alpha value is -3.01. The summed E-state index contributed by atoms with van der Waals surface area (Å²) in [5, 5.41) is 9.41. The van der Waals surface area contributed by atoms with Gasteiger partial charge in [0.2, 0.25) is 0 Å². The van der Waals surface area contributed by atoms with Gasteiger partial charge in [-0.25, -0.2) is 4.98 Å². The zero-order chi connectivity index (χ0) is 16.2. The van der Waals surface area contributed by atoms with Gasteiger partial charge in [-0.15, -0.1) is 0 Å². The average Bonchev–Trinajstić information content (AvgIpc) is 2.62.